The third-order valence-electron chi connectivity index (χ3n) is 6.45. The lowest BCUT2D eigenvalue weighted by Crippen LogP contribution is -2.54. The largest absolute Gasteiger partial charge is 0.573 e. The van der Waals surface area contributed by atoms with Crippen LogP contribution in [-0.4, -0.2) is 37.5 Å². The molecular weight excluding hydrogens is 595 g/mol. The van der Waals surface area contributed by atoms with E-state index >= 15 is 0 Å². The van der Waals surface area contributed by atoms with Crippen molar-refractivity contribution in [1.82, 2.24) is 10.6 Å². The molecule has 1 atom stereocenters. The summed E-state index contributed by atoms with van der Waals surface area (Å²) in [6, 6.07) is 13.9. The Labute approximate surface area is 241 Å². The van der Waals surface area contributed by atoms with Crippen LogP contribution in [0.25, 0.3) is 0 Å². The zero-order chi connectivity index (χ0) is 32.1. The van der Waals surface area contributed by atoms with Crippen LogP contribution in [0.4, 0.5) is 44.3 Å². The highest BCUT2D eigenvalue weighted by Crippen LogP contribution is 2.40. The molecule has 0 fully saturated rings. The van der Waals surface area contributed by atoms with Gasteiger partial charge in [-0.2, -0.15) is 13.2 Å². The monoisotopic (exact) mass is 622 g/mol. The predicted octanol–water partition coefficient (Wildman–Crippen LogP) is 7.90. The lowest BCUT2D eigenvalue weighted by Gasteiger charge is -2.36. The molecule has 0 saturated carbocycles. The second kappa shape index (κ2) is 13.0. The van der Waals surface area contributed by atoms with Crippen molar-refractivity contribution < 1.29 is 53.8 Å². The summed E-state index contributed by atoms with van der Waals surface area (Å²) in [4.78, 5) is 12.8. The van der Waals surface area contributed by atoms with Gasteiger partial charge in [0.1, 0.15) is 17.5 Å². The van der Waals surface area contributed by atoms with Crippen LogP contribution >= 0.6 is 0 Å². The molecule has 0 unspecified atom stereocenters. The van der Waals surface area contributed by atoms with E-state index in [0.717, 1.165) is 24.3 Å². The van der Waals surface area contributed by atoms with Gasteiger partial charge in [-0.25, -0.2) is 4.79 Å². The van der Waals surface area contributed by atoms with Crippen molar-refractivity contribution in [3.8, 4) is 11.5 Å². The van der Waals surface area contributed by atoms with Gasteiger partial charge in [0.15, 0.2) is 0 Å². The lowest BCUT2D eigenvalue weighted by molar-refractivity contribution is -0.275. The Bertz CT molecular complexity index is 1300. The standard InChI is InChI=1S/C29H27F9N2O3/c1-18(2)24(27(30,31)32)40-25(41)39-17-26(16-19-8-4-3-5-9-19,20-10-6-12-22(14-20)42-28(33,34)35)21-11-7-13-23(15-21)43-29(36,37)38/h3-15,18,24H,16-17H2,1-2H3,(H2,39,40,41)/t24-/m0/s1. The zero-order valence-electron chi connectivity index (χ0n) is 22.7. The molecule has 234 valence electrons. The Morgan fingerprint density at radius 3 is 1.63 bits per heavy atom. The molecule has 0 aliphatic rings. The summed E-state index contributed by atoms with van der Waals surface area (Å²) < 4.78 is 127. The molecule has 5 nitrogen and oxygen atoms in total. The topological polar surface area (TPSA) is 59.6 Å². The van der Waals surface area contributed by atoms with E-state index in [0.29, 0.717) is 5.56 Å². The van der Waals surface area contributed by atoms with Gasteiger partial charge in [-0.15, -0.1) is 26.3 Å². The number of carbonyl (C=O) groups is 1. The molecule has 0 aliphatic heterocycles. The van der Waals surface area contributed by atoms with E-state index < -0.39 is 60.4 Å². The number of rotatable bonds is 10. The molecule has 0 aromatic heterocycles. The first-order valence-electron chi connectivity index (χ1n) is 12.8. The minimum absolute atomic E-state index is 0.0544. The smallest absolute Gasteiger partial charge is 0.406 e. The highest BCUT2D eigenvalue weighted by molar-refractivity contribution is 5.74. The van der Waals surface area contributed by atoms with Crippen LogP contribution in [0, 0.1) is 5.92 Å². The number of hydrogen-bond donors (Lipinski definition) is 2. The Balaban J connectivity index is 2.18. The highest BCUT2D eigenvalue weighted by atomic mass is 19.4. The first-order chi connectivity index (χ1) is 19.9. The van der Waals surface area contributed by atoms with E-state index in [9.17, 15) is 44.3 Å². The number of halogens is 9. The second-order valence-electron chi connectivity index (χ2n) is 9.99. The number of carbonyl (C=O) groups excluding carboxylic acids is 1. The van der Waals surface area contributed by atoms with Crippen LogP contribution in [0.2, 0.25) is 0 Å². The maximum atomic E-state index is 13.5. The molecule has 3 aromatic carbocycles. The molecule has 14 heteroatoms. The molecule has 0 spiro atoms. The average molecular weight is 623 g/mol. The molecule has 0 aliphatic carbocycles. The number of nitrogens with one attached hydrogen (secondary N) is 2. The molecule has 0 heterocycles. The molecule has 0 bridgehead atoms. The summed E-state index contributed by atoms with van der Waals surface area (Å²) in [5.74, 6) is -2.37. The zero-order valence-corrected chi connectivity index (χ0v) is 22.7. The molecule has 0 radical (unpaired) electrons. The third-order valence-corrected chi connectivity index (χ3v) is 6.45. The van der Waals surface area contributed by atoms with Gasteiger partial charge in [0.2, 0.25) is 0 Å². The molecule has 2 N–H and O–H groups in total. The van der Waals surface area contributed by atoms with Gasteiger partial charge in [0.25, 0.3) is 0 Å². The molecular formula is C29H27F9N2O3. The van der Waals surface area contributed by atoms with Crippen LogP contribution in [-0.2, 0) is 11.8 Å². The van der Waals surface area contributed by atoms with Gasteiger partial charge in [0, 0.05) is 12.0 Å². The summed E-state index contributed by atoms with van der Waals surface area (Å²) in [5, 5.41) is 4.22. The van der Waals surface area contributed by atoms with Crippen molar-refractivity contribution >= 4 is 6.03 Å². The average Bonchev–Trinajstić information content (AvgIpc) is 2.88. The fourth-order valence-corrected chi connectivity index (χ4v) is 4.61. The lowest BCUT2D eigenvalue weighted by atomic mass is 9.70. The Kier molecular flexibility index (Phi) is 10.1. The van der Waals surface area contributed by atoms with Crippen LogP contribution in [0.5, 0.6) is 11.5 Å². The van der Waals surface area contributed by atoms with Crippen LogP contribution < -0.4 is 20.1 Å². The van der Waals surface area contributed by atoms with Crippen molar-refractivity contribution in [3.05, 3.63) is 95.6 Å². The summed E-state index contributed by atoms with van der Waals surface area (Å²) in [5.41, 5.74) is -0.984. The second-order valence-corrected chi connectivity index (χ2v) is 9.99. The highest BCUT2D eigenvalue weighted by Gasteiger charge is 2.43. The Morgan fingerprint density at radius 2 is 1.21 bits per heavy atom. The van der Waals surface area contributed by atoms with Gasteiger partial charge < -0.3 is 20.1 Å². The molecule has 3 rings (SSSR count). The summed E-state index contributed by atoms with van der Waals surface area (Å²) in [6.45, 7) is 1.94. The number of ether oxygens (including phenoxy) is 2. The van der Waals surface area contributed by atoms with Crippen LogP contribution in [0.3, 0.4) is 0 Å². The number of benzene rings is 3. The van der Waals surface area contributed by atoms with Crippen molar-refractivity contribution in [2.75, 3.05) is 6.54 Å². The first kappa shape index (κ1) is 33.4. The maximum Gasteiger partial charge on any atom is 0.573 e. The predicted molar refractivity (Wildman–Crippen MR) is 138 cm³/mol. The van der Waals surface area contributed by atoms with E-state index in [1.54, 1.807) is 30.3 Å². The fourth-order valence-electron chi connectivity index (χ4n) is 4.61. The first-order valence-corrected chi connectivity index (χ1v) is 12.8. The van der Waals surface area contributed by atoms with E-state index in [1.165, 1.54) is 38.1 Å². The van der Waals surface area contributed by atoms with E-state index in [-0.39, 0.29) is 17.5 Å². The minimum Gasteiger partial charge on any atom is -0.406 e. The summed E-state index contributed by atoms with van der Waals surface area (Å²) in [6.07, 6.45) is -15.1. The fraction of sp³-hybridized carbons (Fsp3) is 0.345. The summed E-state index contributed by atoms with van der Waals surface area (Å²) >= 11 is 0. The van der Waals surface area contributed by atoms with Gasteiger partial charge >= 0.3 is 24.9 Å². The minimum atomic E-state index is -5.08. The normalized spacial score (nSPS) is 13.4. The van der Waals surface area contributed by atoms with Gasteiger partial charge in [-0.3, -0.25) is 0 Å². The molecule has 2 amide bonds. The number of hydrogen-bond acceptors (Lipinski definition) is 3. The number of amides is 2. The van der Waals surface area contributed by atoms with E-state index in [4.69, 9.17) is 0 Å². The molecule has 0 saturated heterocycles. The van der Waals surface area contributed by atoms with E-state index in [1.807, 2.05) is 5.32 Å². The Hall–Kier alpha value is -4.10. The number of urea groups is 1. The summed E-state index contributed by atoms with van der Waals surface area (Å²) in [7, 11) is 0. The van der Waals surface area contributed by atoms with Crippen molar-refractivity contribution in [2.24, 2.45) is 5.92 Å². The quantitative estimate of drug-likeness (QED) is 0.226. The van der Waals surface area contributed by atoms with Gasteiger partial charge in [0.05, 0.1) is 0 Å². The number of alkyl halides is 9. The van der Waals surface area contributed by atoms with E-state index in [2.05, 4.69) is 14.8 Å². The van der Waals surface area contributed by atoms with Crippen LogP contribution in [0.1, 0.15) is 30.5 Å². The van der Waals surface area contributed by atoms with Crippen molar-refractivity contribution in [3.63, 3.8) is 0 Å². The Morgan fingerprint density at radius 1 is 0.721 bits per heavy atom. The molecule has 43 heavy (non-hydrogen) atoms. The molecule has 3 aromatic rings. The SMILES string of the molecule is CC(C)[C@H](NC(=O)NCC(Cc1ccccc1)(c1cccc(OC(F)(F)F)c1)c1cccc(OC(F)(F)F)c1)C(F)(F)F. The third kappa shape index (κ3) is 9.72. The van der Waals surface area contributed by atoms with Gasteiger partial charge in [-0.1, -0.05) is 68.4 Å². The maximum absolute atomic E-state index is 13.5. The van der Waals surface area contributed by atoms with Crippen LogP contribution in [0.15, 0.2) is 78.9 Å². The van der Waals surface area contributed by atoms with Crippen molar-refractivity contribution in [1.29, 1.82) is 0 Å². The van der Waals surface area contributed by atoms with Gasteiger partial charge in [-0.05, 0) is 53.3 Å². The van der Waals surface area contributed by atoms with Crippen molar-refractivity contribution in [2.45, 2.75) is 50.6 Å².